The molecular formula is C14H26O2. The number of hydrogen-bond donors (Lipinski definition) is 0. The Morgan fingerprint density at radius 1 is 1.31 bits per heavy atom. The Kier molecular flexibility index (Phi) is 3.09. The van der Waals surface area contributed by atoms with Crippen molar-refractivity contribution in [3.63, 3.8) is 0 Å². The minimum atomic E-state index is 0.0156. The van der Waals surface area contributed by atoms with Crippen LogP contribution in [-0.4, -0.2) is 25.4 Å². The zero-order valence-electron chi connectivity index (χ0n) is 11.4. The molecule has 0 bridgehead atoms. The Labute approximate surface area is 99.7 Å². The summed E-state index contributed by atoms with van der Waals surface area (Å²) in [5.74, 6) is 1.31. The third kappa shape index (κ3) is 1.80. The molecule has 0 spiro atoms. The predicted octanol–water partition coefficient (Wildman–Crippen LogP) is 3.25. The maximum atomic E-state index is 5.96. The Morgan fingerprint density at radius 2 is 2.00 bits per heavy atom. The summed E-state index contributed by atoms with van der Waals surface area (Å²) < 4.78 is 11.8. The van der Waals surface area contributed by atoms with Gasteiger partial charge in [0.2, 0.25) is 0 Å². The van der Waals surface area contributed by atoms with Gasteiger partial charge < -0.3 is 9.47 Å². The highest BCUT2D eigenvalue weighted by molar-refractivity contribution is 5.03. The van der Waals surface area contributed by atoms with Gasteiger partial charge in [-0.1, -0.05) is 27.7 Å². The highest BCUT2D eigenvalue weighted by atomic mass is 16.6. The fourth-order valence-electron chi connectivity index (χ4n) is 3.53. The molecule has 1 aliphatic carbocycles. The van der Waals surface area contributed by atoms with E-state index in [4.69, 9.17) is 9.47 Å². The lowest BCUT2D eigenvalue weighted by Gasteiger charge is -2.46. The first-order valence-electron chi connectivity index (χ1n) is 6.57. The summed E-state index contributed by atoms with van der Waals surface area (Å²) in [4.78, 5) is 0. The van der Waals surface area contributed by atoms with Gasteiger partial charge in [0.1, 0.15) is 0 Å². The molecule has 2 heteroatoms. The maximum absolute atomic E-state index is 5.96. The van der Waals surface area contributed by atoms with Gasteiger partial charge in [-0.2, -0.15) is 0 Å². The van der Waals surface area contributed by atoms with Crippen LogP contribution >= 0.6 is 0 Å². The fraction of sp³-hybridized carbons (Fsp3) is 1.00. The van der Waals surface area contributed by atoms with Gasteiger partial charge >= 0.3 is 0 Å². The monoisotopic (exact) mass is 226 g/mol. The van der Waals surface area contributed by atoms with Crippen LogP contribution in [0.25, 0.3) is 0 Å². The van der Waals surface area contributed by atoms with E-state index < -0.39 is 0 Å². The van der Waals surface area contributed by atoms with Gasteiger partial charge in [0.05, 0.1) is 18.3 Å². The minimum absolute atomic E-state index is 0.0156. The van der Waals surface area contributed by atoms with E-state index >= 15 is 0 Å². The Balaban J connectivity index is 2.13. The average Bonchev–Trinajstić information content (AvgIpc) is 2.55. The molecule has 2 rings (SSSR count). The van der Waals surface area contributed by atoms with Crippen LogP contribution in [0.4, 0.5) is 0 Å². The zero-order chi connectivity index (χ0) is 12.0. The third-order valence-corrected chi connectivity index (χ3v) is 4.91. The zero-order valence-corrected chi connectivity index (χ0v) is 11.4. The molecule has 1 aliphatic heterocycles. The van der Waals surface area contributed by atoms with E-state index in [-0.39, 0.29) is 5.60 Å². The first-order valence-corrected chi connectivity index (χ1v) is 6.57. The number of hydrogen-bond acceptors (Lipinski definition) is 2. The summed E-state index contributed by atoms with van der Waals surface area (Å²) >= 11 is 0. The lowest BCUT2D eigenvalue weighted by atomic mass is 9.65. The molecule has 0 aromatic heterocycles. The van der Waals surface area contributed by atoms with Crippen molar-refractivity contribution in [2.75, 3.05) is 13.7 Å². The fourth-order valence-corrected chi connectivity index (χ4v) is 3.53. The Morgan fingerprint density at radius 3 is 2.56 bits per heavy atom. The minimum Gasteiger partial charge on any atom is -0.375 e. The standard InChI is InChI=1S/C14H26O2/c1-10-9-16-12-8-11(13(2,3)4)6-7-14(10,12)15-5/h10-12H,6-9H2,1-5H3/t10-,11+,12-,14+/m0/s1. The summed E-state index contributed by atoms with van der Waals surface area (Å²) in [6.07, 6.45) is 3.94. The van der Waals surface area contributed by atoms with Crippen LogP contribution in [0.5, 0.6) is 0 Å². The van der Waals surface area contributed by atoms with Crippen molar-refractivity contribution in [2.45, 2.75) is 58.7 Å². The number of rotatable bonds is 1. The highest BCUT2D eigenvalue weighted by Gasteiger charge is 2.53. The van der Waals surface area contributed by atoms with Gasteiger partial charge in [0.25, 0.3) is 0 Å². The lowest BCUT2D eigenvalue weighted by Crippen LogP contribution is -2.50. The molecule has 16 heavy (non-hydrogen) atoms. The van der Waals surface area contributed by atoms with Gasteiger partial charge in [-0.25, -0.2) is 0 Å². The molecule has 2 fully saturated rings. The van der Waals surface area contributed by atoms with E-state index in [1.807, 2.05) is 7.11 Å². The second-order valence-corrected chi connectivity index (χ2v) is 6.72. The summed E-state index contributed by atoms with van der Waals surface area (Å²) in [6.45, 7) is 10.2. The molecule has 0 unspecified atom stereocenters. The first-order chi connectivity index (χ1) is 7.40. The van der Waals surface area contributed by atoms with Gasteiger partial charge in [-0.15, -0.1) is 0 Å². The molecule has 0 aromatic rings. The van der Waals surface area contributed by atoms with Crippen LogP contribution in [0, 0.1) is 17.3 Å². The Bertz CT molecular complexity index is 256. The van der Waals surface area contributed by atoms with E-state index in [9.17, 15) is 0 Å². The van der Waals surface area contributed by atoms with Gasteiger partial charge in [-0.3, -0.25) is 0 Å². The van der Waals surface area contributed by atoms with E-state index in [0.29, 0.717) is 17.4 Å². The average molecular weight is 226 g/mol. The van der Waals surface area contributed by atoms with E-state index in [1.165, 1.54) is 12.8 Å². The molecule has 4 atom stereocenters. The van der Waals surface area contributed by atoms with Crippen LogP contribution in [0.3, 0.4) is 0 Å². The molecule has 1 saturated heterocycles. The molecule has 2 nitrogen and oxygen atoms in total. The van der Waals surface area contributed by atoms with Crippen molar-refractivity contribution >= 4 is 0 Å². The summed E-state index contributed by atoms with van der Waals surface area (Å²) in [5, 5.41) is 0. The molecular weight excluding hydrogens is 200 g/mol. The molecule has 2 aliphatic rings. The predicted molar refractivity (Wildman–Crippen MR) is 65.4 cm³/mol. The highest BCUT2D eigenvalue weighted by Crippen LogP contribution is 2.49. The van der Waals surface area contributed by atoms with E-state index in [0.717, 1.165) is 18.9 Å². The second-order valence-electron chi connectivity index (χ2n) is 6.72. The SMILES string of the molecule is CO[C@@]12CC[C@@H](C(C)(C)C)C[C@@H]1OC[C@@H]2C. The van der Waals surface area contributed by atoms with Crippen molar-refractivity contribution in [1.82, 2.24) is 0 Å². The summed E-state index contributed by atoms with van der Waals surface area (Å²) in [6, 6.07) is 0. The van der Waals surface area contributed by atoms with E-state index in [2.05, 4.69) is 27.7 Å². The molecule has 0 amide bonds. The topological polar surface area (TPSA) is 18.5 Å². The molecule has 0 radical (unpaired) electrons. The van der Waals surface area contributed by atoms with Crippen LogP contribution in [0.1, 0.15) is 47.0 Å². The van der Waals surface area contributed by atoms with Crippen LogP contribution < -0.4 is 0 Å². The van der Waals surface area contributed by atoms with Gasteiger partial charge in [0.15, 0.2) is 0 Å². The molecule has 1 saturated carbocycles. The van der Waals surface area contributed by atoms with Crippen molar-refractivity contribution in [1.29, 1.82) is 0 Å². The normalized spacial score (nSPS) is 44.4. The van der Waals surface area contributed by atoms with Crippen LogP contribution in [-0.2, 0) is 9.47 Å². The van der Waals surface area contributed by atoms with Crippen molar-refractivity contribution in [3.05, 3.63) is 0 Å². The smallest absolute Gasteiger partial charge is 0.0986 e. The van der Waals surface area contributed by atoms with Crippen molar-refractivity contribution in [3.8, 4) is 0 Å². The quantitative estimate of drug-likeness (QED) is 0.683. The summed E-state index contributed by atoms with van der Waals surface area (Å²) in [7, 11) is 1.86. The third-order valence-electron chi connectivity index (χ3n) is 4.91. The number of fused-ring (bicyclic) bond motifs is 1. The largest absolute Gasteiger partial charge is 0.375 e. The molecule has 0 aromatic carbocycles. The first kappa shape index (κ1) is 12.4. The van der Waals surface area contributed by atoms with Gasteiger partial charge in [0, 0.05) is 13.0 Å². The molecule has 94 valence electrons. The van der Waals surface area contributed by atoms with Crippen LogP contribution in [0.15, 0.2) is 0 Å². The van der Waals surface area contributed by atoms with Crippen molar-refractivity contribution < 1.29 is 9.47 Å². The summed E-state index contributed by atoms with van der Waals surface area (Å²) in [5.41, 5.74) is 0.414. The van der Waals surface area contributed by atoms with Crippen molar-refractivity contribution in [2.24, 2.45) is 17.3 Å². The Hall–Kier alpha value is -0.0800. The van der Waals surface area contributed by atoms with E-state index in [1.54, 1.807) is 0 Å². The van der Waals surface area contributed by atoms with Crippen LogP contribution in [0.2, 0.25) is 0 Å². The van der Waals surface area contributed by atoms with Gasteiger partial charge in [-0.05, 0) is 30.6 Å². The number of methoxy groups -OCH3 is 1. The second kappa shape index (κ2) is 3.99. The molecule has 0 N–H and O–H groups in total. The molecule has 1 heterocycles. The lowest BCUT2D eigenvalue weighted by molar-refractivity contribution is -0.123. The number of ether oxygens (including phenoxy) is 2. The maximum Gasteiger partial charge on any atom is 0.0986 e.